The normalized spacial score (nSPS) is 12.4. The molecule has 1 N–H and O–H groups in total. The van der Waals surface area contributed by atoms with Crippen molar-refractivity contribution in [3.63, 3.8) is 0 Å². The highest BCUT2D eigenvalue weighted by Gasteiger charge is 2.17. The first kappa shape index (κ1) is 16.7. The van der Waals surface area contributed by atoms with Crippen molar-refractivity contribution in [1.82, 2.24) is 9.88 Å². The molecule has 0 saturated heterocycles. The molecule has 112 valence electrons. The molecule has 1 rings (SSSR count). The molecule has 0 aliphatic carbocycles. The van der Waals surface area contributed by atoms with E-state index < -0.39 is 11.9 Å². The van der Waals surface area contributed by atoms with Crippen molar-refractivity contribution in [2.24, 2.45) is 5.92 Å². The van der Waals surface area contributed by atoms with Gasteiger partial charge in [0.05, 0.1) is 10.9 Å². The molecular weight excluding hydrogens is 278 g/mol. The summed E-state index contributed by atoms with van der Waals surface area (Å²) in [6.45, 7) is 3.87. The van der Waals surface area contributed by atoms with Gasteiger partial charge in [-0.1, -0.05) is 18.5 Å². The number of anilines is 1. The number of hydrogen-bond donors (Lipinski definition) is 1. The summed E-state index contributed by atoms with van der Waals surface area (Å²) in [5.41, 5.74) is 0. The highest BCUT2D eigenvalue weighted by Crippen LogP contribution is 2.16. The van der Waals surface area contributed by atoms with E-state index in [9.17, 15) is 4.79 Å². The Hall–Kier alpha value is -1.33. The molecule has 0 saturated carbocycles. The molecule has 1 unspecified atom stereocenters. The third kappa shape index (κ3) is 5.75. The lowest BCUT2D eigenvalue weighted by molar-refractivity contribution is -0.140. The van der Waals surface area contributed by atoms with Gasteiger partial charge in [-0.2, -0.15) is 0 Å². The molecule has 1 aromatic heterocycles. The molecule has 1 atom stereocenters. The van der Waals surface area contributed by atoms with Gasteiger partial charge in [-0.05, 0) is 39.2 Å². The van der Waals surface area contributed by atoms with Crippen molar-refractivity contribution in [2.75, 3.05) is 38.6 Å². The Labute approximate surface area is 125 Å². The Bertz CT molecular complexity index is 423. The highest BCUT2D eigenvalue weighted by molar-refractivity contribution is 6.30. The zero-order valence-electron chi connectivity index (χ0n) is 12.2. The minimum atomic E-state index is -0.795. The molecule has 0 fully saturated rings. The van der Waals surface area contributed by atoms with Crippen LogP contribution in [0.15, 0.2) is 18.3 Å². The van der Waals surface area contributed by atoms with Crippen LogP contribution in [-0.2, 0) is 4.79 Å². The molecule has 0 radical (unpaired) electrons. The molecule has 0 spiro atoms. The van der Waals surface area contributed by atoms with E-state index in [1.165, 1.54) is 0 Å². The molecule has 0 bridgehead atoms. The molecule has 6 heteroatoms. The average molecular weight is 300 g/mol. The third-order valence-corrected chi connectivity index (χ3v) is 3.21. The predicted molar refractivity (Wildman–Crippen MR) is 81.4 cm³/mol. The van der Waals surface area contributed by atoms with Crippen molar-refractivity contribution < 1.29 is 9.90 Å². The van der Waals surface area contributed by atoms with Crippen LogP contribution in [0.1, 0.15) is 13.3 Å². The first-order valence-electron chi connectivity index (χ1n) is 6.64. The van der Waals surface area contributed by atoms with E-state index in [4.69, 9.17) is 16.7 Å². The molecule has 0 aromatic carbocycles. The number of aliphatic carboxylic acids is 1. The van der Waals surface area contributed by atoms with Crippen LogP contribution in [-0.4, -0.2) is 54.7 Å². The second-order valence-electron chi connectivity index (χ2n) is 5.18. The molecule has 20 heavy (non-hydrogen) atoms. The Kier molecular flexibility index (Phi) is 6.75. The molecular formula is C14H22ClN3O2. The van der Waals surface area contributed by atoms with Crippen molar-refractivity contribution in [3.05, 3.63) is 23.4 Å². The van der Waals surface area contributed by atoms with E-state index in [1.807, 2.05) is 25.1 Å². The number of rotatable bonds is 8. The zero-order chi connectivity index (χ0) is 15.1. The fourth-order valence-electron chi connectivity index (χ4n) is 1.84. The van der Waals surface area contributed by atoms with Crippen LogP contribution in [0.2, 0.25) is 5.02 Å². The molecule has 0 amide bonds. The maximum atomic E-state index is 11.0. The van der Waals surface area contributed by atoms with E-state index in [0.717, 1.165) is 25.3 Å². The lowest BCUT2D eigenvalue weighted by atomic mass is 10.1. The monoisotopic (exact) mass is 299 g/mol. The van der Waals surface area contributed by atoms with Gasteiger partial charge in [0.1, 0.15) is 5.82 Å². The number of carboxylic acids is 1. The lowest BCUT2D eigenvalue weighted by Gasteiger charge is -2.26. The molecule has 0 aliphatic heterocycles. The second kappa shape index (κ2) is 8.07. The van der Waals surface area contributed by atoms with Gasteiger partial charge < -0.3 is 14.9 Å². The average Bonchev–Trinajstić information content (AvgIpc) is 2.37. The summed E-state index contributed by atoms with van der Waals surface area (Å²) in [7, 11) is 4.04. The number of halogens is 1. The van der Waals surface area contributed by atoms with Crippen LogP contribution in [0.25, 0.3) is 0 Å². The van der Waals surface area contributed by atoms with Crippen molar-refractivity contribution in [2.45, 2.75) is 13.3 Å². The maximum absolute atomic E-state index is 11.0. The van der Waals surface area contributed by atoms with Gasteiger partial charge in [-0.3, -0.25) is 4.79 Å². The van der Waals surface area contributed by atoms with Crippen LogP contribution in [0, 0.1) is 5.92 Å². The summed E-state index contributed by atoms with van der Waals surface area (Å²) >= 11 is 5.84. The minimum Gasteiger partial charge on any atom is -0.481 e. The van der Waals surface area contributed by atoms with Crippen LogP contribution in [0.4, 0.5) is 5.82 Å². The minimum absolute atomic E-state index is 0.438. The fraction of sp³-hybridized carbons (Fsp3) is 0.571. The largest absolute Gasteiger partial charge is 0.481 e. The summed E-state index contributed by atoms with van der Waals surface area (Å²) in [5.74, 6) is -0.468. The maximum Gasteiger partial charge on any atom is 0.308 e. The summed E-state index contributed by atoms with van der Waals surface area (Å²) < 4.78 is 0. The molecule has 1 heterocycles. The quantitative estimate of drug-likeness (QED) is 0.797. The molecule has 1 aromatic rings. The Morgan fingerprint density at radius 1 is 1.40 bits per heavy atom. The van der Waals surface area contributed by atoms with Crippen LogP contribution >= 0.6 is 11.6 Å². The van der Waals surface area contributed by atoms with Gasteiger partial charge >= 0.3 is 5.97 Å². The fourth-order valence-corrected chi connectivity index (χ4v) is 1.95. The summed E-state index contributed by atoms with van der Waals surface area (Å²) in [6, 6.07) is 3.60. The van der Waals surface area contributed by atoms with Crippen molar-refractivity contribution in [1.29, 1.82) is 0 Å². The summed E-state index contributed by atoms with van der Waals surface area (Å²) in [4.78, 5) is 19.4. The van der Waals surface area contributed by atoms with E-state index in [-0.39, 0.29) is 0 Å². The first-order chi connectivity index (χ1) is 9.40. The van der Waals surface area contributed by atoms with Gasteiger partial charge in [-0.15, -0.1) is 0 Å². The lowest BCUT2D eigenvalue weighted by Crippen LogP contribution is -2.34. The van der Waals surface area contributed by atoms with E-state index in [1.54, 1.807) is 19.2 Å². The number of aromatic nitrogens is 1. The van der Waals surface area contributed by atoms with Gasteiger partial charge in [0.25, 0.3) is 0 Å². The van der Waals surface area contributed by atoms with E-state index >= 15 is 0 Å². The van der Waals surface area contributed by atoms with Crippen LogP contribution in [0.3, 0.4) is 0 Å². The number of nitrogens with zero attached hydrogens (tertiary/aromatic N) is 3. The molecule has 5 nitrogen and oxygen atoms in total. The van der Waals surface area contributed by atoms with Gasteiger partial charge in [0.2, 0.25) is 0 Å². The smallest absolute Gasteiger partial charge is 0.308 e. The second-order valence-corrected chi connectivity index (χ2v) is 5.61. The predicted octanol–water partition coefficient (Wildman–Crippen LogP) is 2.21. The number of carbonyl (C=O) groups is 1. The summed E-state index contributed by atoms with van der Waals surface area (Å²) in [6.07, 6.45) is 2.53. The first-order valence-corrected chi connectivity index (χ1v) is 7.02. The van der Waals surface area contributed by atoms with Gasteiger partial charge in [-0.25, -0.2) is 4.98 Å². The Morgan fingerprint density at radius 2 is 2.10 bits per heavy atom. The topological polar surface area (TPSA) is 56.7 Å². The van der Waals surface area contributed by atoms with E-state index in [0.29, 0.717) is 11.6 Å². The van der Waals surface area contributed by atoms with Gasteiger partial charge in [0.15, 0.2) is 0 Å². The van der Waals surface area contributed by atoms with Crippen LogP contribution in [0.5, 0.6) is 0 Å². The summed E-state index contributed by atoms with van der Waals surface area (Å²) in [5, 5.41) is 9.64. The SMILES string of the molecule is CC(CN(CCCN(C)C)c1ccc(Cl)cn1)C(=O)O. The zero-order valence-corrected chi connectivity index (χ0v) is 13.0. The standard InChI is InChI=1S/C14H22ClN3O2/c1-11(14(19)20)10-18(8-4-7-17(2)3)13-6-5-12(15)9-16-13/h5-6,9,11H,4,7-8,10H2,1-3H3,(H,19,20). The van der Waals surface area contributed by atoms with E-state index in [2.05, 4.69) is 9.88 Å². The van der Waals surface area contributed by atoms with Crippen molar-refractivity contribution in [3.8, 4) is 0 Å². The highest BCUT2D eigenvalue weighted by atomic mass is 35.5. The Morgan fingerprint density at radius 3 is 2.60 bits per heavy atom. The van der Waals surface area contributed by atoms with Crippen LogP contribution < -0.4 is 4.90 Å². The number of hydrogen-bond acceptors (Lipinski definition) is 4. The molecule has 0 aliphatic rings. The number of pyridine rings is 1. The third-order valence-electron chi connectivity index (χ3n) is 2.98. The Balaban J connectivity index is 2.72. The van der Waals surface area contributed by atoms with Gasteiger partial charge in [0, 0.05) is 19.3 Å². The number of carboxylic acid groups (broad SMARTS) is 1. The van der Waals surface area contributed by atoms with Crippen molar-refractivity contribution >= 4 is 23.4 Å².